The van der Waals surface area contributed by atoms with Crippen LogP contribution in [0, 0.1) is 11.8 Å². The Labute approximate surface area is 124 Å². The molecule has 8 heteroatoms. The molecule has 0 heterocycles. The van der Waals surface area contributed by atoms with E-state index in [2.05, 4.69) is 4.18 Å². The number of carboxylic acids is 1. The molecule has 0 unspecified atom stereocenters. The summed E-state index contributed by atoms with van der Waals surface area (Å²) < 4.78 is 70.8. The lowest BCUT2D eigenvalue weighted by atomic mass is 9.89. The molecule has 0 spiro atoms. The van der Waals surface area contributed by atoms with Crippen molar-refractivity contribution < 1.29 is 38.7 Å². The minimum atomic E-state index is -5.31. The number of rotatable bonds is 8. The molecule has 0 radical (unpaired) electrons. The van der Waals surface area contributed by atoms with Crippen molar-refractivity contribution in [3.63, 3.8) is 0 Å². The molecule has 20 heavy (non-hydrogen) atoms. The second-order valence-corrected chi connectivity index (χ2v) is 5.31. The van der Waals surface area contributed by atoms with Gasteiger partial charge in [0.15, 0.2) is 0 Å². The topological polar surface area (TPSA) is 118 Å². The SMILES string of the molecule is [2H]/C(=C/C[C@@H]1C(=O)CC[C@H]1CC(=O)O)C([2H])([2H])C([2H])([2H])OS(=O)(=O)O. The van der Waals surface area contributed by atoms with Crippen LogP contribution < -0.4 is 0 Å². The third kappa shape index (κ3) is 6.27. The van der Waals surface area contributed by atoms with Crippen LogP contribution in [-0.4, -0.2) is 36.4 Å². The highest BCUT2D eigenvalue weighted by atomic mass is 32.3. The molecule has 0 aromatic heterocycles. The Morgan fingerprint density at radius 2 is 2.30 bits per heavy atom. The molecule has 1 fully saturated rings. The summed E-state index contributed by atoms with van der Waals surface area (Å²) in [5.41, 5.74) is 0. The van der Waals surface area contributed by atoms with Crippen molar-refractivity contribution in [1.29, 1.82) is 0 Å². The van der Waals surface area contributed by atoms with Gasteiger partial charge in [0.1, 0.15) is 5.78 Å². The lowest BCUT2D eigenvalue weighted by molar-refractivity contribution is -0.138. The third-order valence-corrected chi connectivity index (χ3v) is 3.22. The van der Waals surface area contributed by atoms with E-state index in [4.69, 9.17) is 16.5 Å². The van der Waals surface area contributed by atoms with Crippen LogP contribution in [0.15, 0.2) is 12.1 Å². The van der Waals surface area contributed by atoms with Gasteiger partial charge < -0.3 is 5.11 Å². The van der Waals surface area contributed by atoms with E-state index in [1.807, 2.05) is 0 Å². The Bertz CT molecular complexity index is 673. The van der Waals surface area contributed by atoms with E-state index in [9.17, 15) is 18.0 Å². The molecule has 2 N–H and O–H groups in total. The molecule has 1 aliphatic rings. The van der Waals surface area contributed by atoms with E-state index in [0.29, 0.717) is 6.42 Å². The predicted molar refractivity (Wildman–Crippen MR) is 69.3 cm³/mol. The highest BCUT2D eigenvalue weighted by molar-refractivity contribution is 7.80. The van der Waals surface area contributed by atoms with Crippen molar-refractivity contribution in [3.05, 3.63) is 12.1 Å². The van der Waals surface area contributed by atoms with Crippen LogP contribution in [0.4, 0.5) is 0 Å². The Morgan fingerprint density at radius 1 is 1.60 bits per heavy atom. The molecule has 0 amide bonds. The molecule has 0 aliphatic heterocycles. The van der Waals surface area contributed by atoms with E-state index < -0.39 is 47.2 Å². The van der Waals surface area contributed by atoms with Crippen molar-refractivity contribution in [2.75, 3.05) is 6.56 Å². The lowest BCUT2D eigenvalue weighted by Crippen LogP contribution is -2.17. The van der Waals surface area contributed by atoms with Gasteiger partial charge in [0.2, 0.25) is 0 Å². The van der Waals surface area contributed by atoms with Gasteiger partial charge in [-0.25, -0.2) is 4.18 Å². The Kier molecular flexibility index (Phi) is 3.93. The smallest absolute Gasteiger partial charge is 0.397 e. The standard InChI is InChI=1S/C12H18O7S/c13-11-6-5-9(8-12(14)15)10(11)4-2-1-3-7-19-20(16,17)18/h1-2,9-10H,3-8H2,(H,14,15)(H,16,17,18)/b2-1-/t9-,10-/m0/s1/i1D,3D2,7D2. The third-order valence-electron chi connectivity index (χ3n) is 2.92. The number of Topliss-reactive ketones (excluding diaryl/α,β-unsaturated/α-hetero) is 1. The molecule has 0 saturated heterocycles. The van der Waals surface area contributed by atoms with E-state index in [0.717, 1.165) is 6.08 Å². The summed E-state index contributed by atoms with van der Waals surface area (Å²) in [4.78, 5) is 22.6. The number of carbonyl (C=O) groups excluding carboxylic acids is 1. The molecule has 1 aliphatic carbocycles. The van der Waals surface area contributed by atoms with E-state index in [1.165, 1.54) is 0 Å². The van der Waals surface area contributed by atoms with Crippen molar-refractivity contribution >= 4 is 22.2 Å². The summed E-state index contributed by atoms with van der Waals surface area (Å²) >= 11 is 0. The number of carbonyl (C=O) groups is 2. The monoisotopic (exact) mass is 311 g/mol. The molecule has 7 nitrogen and oxygen atoms in total. The number of allylic oxidation sites excluding steroid dienone is 1. The van der Waals surface area contributed by atoms with E-state index in [1.54, 1.807) is 0 Å². The molecule has 0 aromatic carbocycles. The fourth-order valence-corrected chi connectivity index (χ4v) is 2.26. The first-order chi connectivity index (χ1) is 11.2. The molecule has 114 valence electrons. The number of ketones is 1. The van der Waals surface area contributed by atoms with Gasteiger partial charge in [0, 0.05) is 21.5 Å². The van der Waals surface area contributed by atoms with Gasteiger partial charge in [-0.2, -0.15) is 8.42 Å². The van der Waals surface area contributed by atoms with Crippen molar-refractivity contribution in [2.45, 2.75) is 32.1 Å². The highest BCUT2D eigenvalue weighted by Crippen LogP contribution is 2.33. The van der Waals surface area contributed by atoms with E-state index >= 15 is 0 Å². The summed E-state index contributed by atoms with van der Waals surface area (Å²) in [6, 6.07) is -0.991. The fraction of sp³-hybridized carbons (Fsp3) is 0.667. The Balaban J connectivity index is 2.94. The zero-order chi connectivity index (χ0) is 19.6. The molecular formula is C12H18O7S. The van der Waals surface area contributed by atoms with Gasteiger partial charge in [0.25, 0.3) is 0 Å². The van der Waals surface area contributed by atoms with Gasteiger partial charge >= 0.3 is 16.4 Å². The maximum atomic E-state index is 11.8. The zero-order valence-corrected chi connectivity index (χ0v) is 11.2. The summed E-state index contributed by atoms with van der Waals surface area (Å²) in [7, 11) is -5.31. The second kappa shape index (κ2) is 7.51. The lowest BCUT2D eigenvalue weighted by Gasteiger charge is -2.14. The van der Waals surface area contributed by atoms with E-state index in [-0.39, 0.29) is 25.0 Å². The van der Waals surface area contributed by atoms with Crippen LogP contribution in [0.25, 0.3) is 0 Å². The first-order valence-corrected chi connectivity index (χ1v) is 7.13. The van der Waals surface area contributed by atoms with Gasteiger partial charge in [-0.1, -0.05) is 12.1 Å². The quantitative estimate of drug-likeness (QED) is 0.511. The van der Waals surface area contributed by atoms with Crippen LogP contribution >= 0.6 is 0 Å². The predicted octanol–water partition coefficient (Wildman–Crippen LogP) is 1.21. The van der Waals surface area contributed by atoms with Gasteiger partial charge in [0.05, 0.1) is 10.7 Å². The average Bonchev–Trinajstić information content (AvgIpc) is 2.73. The summed E-state index contributed by atoms with van der Waals surface area (Å²) in [6.07, 6.45) is -2.26. The molecule has 2 atom stereocenters. The molecular weight excluding hydrogens is 288 g/mol. The molecule has 1 saturated carbocycles. The van der Waals surface area contributed by atoms with Crippen LogP contribution in [0.3, 0.4) is 0 Å². The van der Waals surface area contributed by atoms with Gasteiger partial charge in [-0.15, -0.1) is 0 Å². The zero-order valence-electron chi connectivity index (χ0n) is 15.4. The van der Waals surface area contributed by atoms with Crippen LogP contribution in [-0.2, 0) is 24.2 Å². The van der Waals surface area contributed by atoms with Crippen molar-refractivity contribution in [1.82, 2.24) is 0 Å². The minimum absolute atomic E-state index is 0.170. The Morgan fingerprint density at radius 3 is 2.90 bits per heavy atom. The van der Waals surface area contributed by atoms with Gasteiger partial charge in [-0.3, -0.25) is 14.1 Å². The highest BCUT2D eigenvalue weighted by Gasteiger charge is 2.34. The molecule has 1 rings (SSSR count). The number of hydrogen-bond donors (Lipinski definition) is 2. The van der Waals surface area contributed by atoms with Crippen molar-refractivity contribution in [2.24, 2.45) is 11.8 Å². The summed E-state index contributed by atoms with van der Waals surface area (Å²) in [5.74, 6) is -2.52. The largest absolute Gasteiger partial charge is 0.481 e. The first-order valence-electron chi connectivity index (χ1n) is 8.27. The fourth-order valence-electron chi connectivity index (χ4n) is 2.11. The number of aliphatic carboxylic acids is 1. The maximum absolute atomic E-state index is 11.8. The van der Waals surface area contributed by atoms with Gasteiger partial charge in [-0.05, 0) is 25.1 Å². The maximum Gasteiger partial charge on any atom is 0.397 e. The molecule has 0 aromatic rings. The average molecular weight is 311 g/mol. The summed E-state index contributed by atoms with van der Waals surface area (Å²) in [6.45, 7) is -3.56. The Hall–Kier alpha value is -1.25. The minimum Gasteiger partial charge on any atom is -0.481 e. The number of carboxylic acid groups (broad SMARTS) is 1. The van der Waals surface area contributed by atoms with Crippen molar-refractivity contribution in [3.8, 4) is 0 Å². The number of hydrogen-bond acceptors (Lipinski definition) is 5. The van der Waals surface area contributed by atoms with Crippen LogP contribution in [0.5, 0.6) is 0 Å². The molecule has 0 bridgehead atoms. The second-order valence-electron chi connectivity index (χ2n) is 4.29. The van der Waals surface area contributed by atoms with Crippen LogP contribution in [0.1, 0.15) is 38.9 Å². The summed E-state index contributed by atoms with van der Waals surface area (Å²) in [5, 5.41) is 8.83. The van der Waals surface area contributed by atoms with Crippen LogP contribution in [0.2, 0.25) is 0 Å². The normalized spacial score (nSPS) is 29.1. The first kappa shape index (κ1) is 10.5.